The highest BCUT2D eigenvalue weighted by atomic mass is 16.4. The minimum Gasteiger partial charge on any atom is -0.513 e. The maximum absolute atomic E-state index is 9.37. The average Bonchev–Trinajstić information content (AvgIpc) is 2.93. The molecule has 0 unspecified atom stereocenters. The van der Waals surface area contributed by atoms with Crippen molar-refractivity contribution in [3.63, 3.8) is 0 Å². The van der Waals surface area contributed by atoms with Gasteiger partial charge in [-0.2, -0.15) is 0 Å². The summed E-state index contributed by atoms with van der Waals surface area (Å²) in [5, 5.41) is 24.9. The van der Waals surface area contributed by atoms with Gasteiger partial charge in [0.2, 0.25) is 0 Å². The molecule has 2 aliphatic carbocycles. The number of aliphatic hydroxyl groups excluding tert-OH is 2. The van der Waals surface area contributed by atoms with Gasteiger partial charge < -0.3 is 15.3 Å². The number of aliphatic carboxylic acids is 1. The first-order valence-electron chi connectivity index (χ1n) is 6.04. The molecule has 4 nitrogen and oxygen atoms in total. The molecule has 0 aliphatic heterocycles. The van der Waals surface area contributed by atoms with Crippen molar-refractivity contribution in [3.8, 4) is 0 Å². The summed E-state index contributed by atoms with van der Waals surface area (Å²) in [5.74, 6) is 0.412. The van der Waals surface area contributed by atoms with Crippen LogP contribution in [0.2, 0.25) is 0 Å². The molecule has 0 aromatic carbocycles. The van der Waals surface area contributed by atoms with Crippen molar-refractivity contribution < 1.29 is 20.1 Å². The van der Waals surface area contributed by atoms with Crippen LogP contribution in [0.3, 0.4) is 0 Å². The molecule has 0 atom stereocenters. The highest BCUT2D eigenvalue weighted by Crippen LogP contribution is 2.13. The van der Waals surface area contributed by atoms with E-state index in [1.165, 1.54) is 0 Å². The van der Waals surface area contributed by atoms with E-state index in [2.05, 4.69) is 0 Å². The van der Waals surface area contributed by atoms with E-state index in [-0.39, 0.29) is 6.42 Å². The SMILES string of the molecule is CCC(=O)O.OC1=CCCC1.OC1=CCCC1. The molecule has 0 fully saturated rings. The molecule has 0 bridgehead atoms. The largest absolute Gasteiger partial charge is 0.513 e. The molecule has 0 radical (unpaired) electrons. The third-order valence-corrected chi connectivity index (χ3v) is 2.34. The molecule has 2 aliphatic rings. The van der Waals surface area contributed by atoms with Gasteiger partial charge in [0.15, 0.2) is 0 Å². The summed E-state index contributed by atoms with van der Waals surface area (Å²) >= 11 is 0. The Kier molecular flexibility index (Phi) is 8.92. The Bertz CT molecular complexity index is 257. The minimum absolute atomic E-state index is 0.222. The van der Waals surface area contributed by atoms with Crippen LogP contribution < -0.4 is 0 Å². The molecule has 3 N–H and O–H groups in total. The minimum atomic E-state index is -0.745. The van der Waals surface area contributed by atoms with E-state index in [1.54, 1.807) is 6.92 Å². The lowest BCUT2D eigenvalue weighted by Gasteiger charge is -1.80. The molecule has 4 heteroatoms. The summed E-state index contributed by atoms with van der Waals surface area (Å²) in [5.41, 5.74) is 0. The third-order valence-electron chi connectivity index (χ3n) is 2.34. The van der Waals surface area contributed by atoms with E-state index in [0.29, 0.717) is 11.5 Å². The molecule has 17 heavy (non-hydrogen) atoms. The Morgan fingerprint density at radius 3 is 1.53 bits per heavy atom. The van der Waals surface area contributed by atoms with Gasteiger partial charge in [-0.1, -0.05) is 6.92 Å². The fourth-order valence-corrected chi connectivity index (χ4v) is 1.31. The first-order valence-corrected chi connectivity index (χ1v) is 6.04. The molecule has 0 aromatic heterocycles. The van der Waals surface area contributed by atoms with Gasteiger partial charge in [0.1, 0.15) is 0 Å². The number of aliphatic hydroxyl groups is 2. The lowest BCUT2D eigenvalue weighted by atomic mass is 10.4. The molecule has 0 spiro atoms. The maximum Gasteiger partial charge on any atom is 0.303 e. The third kappa shape index (κ3) is 10.8. The highest BCUT2D eigenvalue weighted by Gasteiger charge is 1.98. The van der Waals surface area contributed by atoms with E-state index < -0.39 is 5.97 Å². The van der Waals surface area contributed by atoms with Crippen LogP contribution in [-0.2, 0) is 4.79 Å². The Morgan fingerprint density at radius 2 is 1.47 bits per heavy atom. The lowest BCUT2D eigenvalue weighted by Crippen LogP contribution is -1.86. The number of carbonyl (C=O) groups is 1. The van der Waals surface area contributed by atoms with Crippen molar-refractivity contribution in [2.24, 2.45) is 0 Å². The Hall–Kier alpha value is -1.45. The van der Waals surface area contributed by atoms with E-state index in [4.69, 9.17) is 15.3 Å². The monoisotopic (exact) mass is 242 g/mol. The molecule has 0 amide bonds. The van der Waals surface area contributed by atoms with Crippen molar-refractivity contribution in [3.05, 3.63) is 23.7 Å². The number of allylic oxidation sites excluding steroid dienone is 4. The zero-order valence-corrected chi connectivity index (χ0v) is 10.4. The van der Waals surface area contributed by atoms with E-state index in [9.17, 15) is 4.79 Å². The standard InChI is InChI=1S/2C5H8O.C3H6O2/c2*6-5-3-1-2-4-5;1-2-3(4)5/h2*3,6H,1-2,4H2;2H2,1H3,(H,4,5). The van der Waals surface area contributed by atoms with Crippen LogP contribution in [0.25, 0.3) is 0 Å². The predicted molar refractivity (Wildman–Crippen MR) is 67.1 cm³/mol. The molecular formula is C13H22O4. The molecule has 0 saturated heterocycles. The van der Waals surface area contributed by atoms with Crippen molar-refractivity contribution in [2.75, 3.05) is 0 Å². The second-order valence-corrected chi connectivity index (χ2v) is 3.92. The Labute approximate surface area is 102 Å². The highest BCUT2D eigenvalue weighted by molar-refractivity contribution is 5.66. The number of carboxylic acids is 1. The Balaban J connectivity index is 0.000000228. The van der Waals surface area contributed by atoms with Gasteiger partial charge in [0, 0.05) is 19.3 Å². The van der Waals surface area contributed by atoms with Crippen molar-refractivity contribution in [1.29, 1.82) is 0 Å². The summed E-state index contributed by atoms with van der Waals surface area (Å²) < 4.78 is 0. The van der Waals surface area contributed by atoms with Crippen molar-refractivity contribution in [2.45, 2.75) is 51.9 Å². The maximum atomic E-state index is 9.37. The second-order valence-electron chi connectivity index (χ2n) is 3.92. The molecule has 2 rings (SSSR count). The number of carboxylic acid groups (broad SMARTS) is 1. The quantitative estimate of drug-likeness (QED) is 0.655. The van der Waals surface area contributed by atoms with Gasteiger partial charge in [0.25, 0.3) is 0 Å². The van der Waals surface area contributed by atoms with Gasteiger partial charge in [-0.3, -0.25) is 4.79 Å². The van der Waals surface area contributed by atoms with E-state index in [1.807, 2.05) is 12.2 Å². The van der Waals surface area contributed by atoms with Gasteiger partial charge in [0.05, 0.1) is 11.5 Å². The van der Waals surface area contributed by atoms with E-state index in [0.717, 1.165) is 38.5 Å². The average molecular weight is 242 g/mol. The lowest BCUT2D eigenvalue weighted by molar-refractivity contribution is -0.136. The van der Waals surface area contributed by atoms with Crippen LogP contribution in [0.15, 0.2) is 23.7 Å². The number of rotatable bonds is 1. The van der Waals surface area contributed by atoms with Gasteiger partial charge in [-0.25, -0.2) is 0 Å². The van der Waals surface area contributed by atoms with Crippen LogP contribution in [0.5, 0.6) is 0 Å². The number of hydrogen-bond acceptors (Lipinski definition) is 3. The van der Waals surface area contributed by atoms with Crippen molar-refractivity contribution >= 4 is 5.97 Å². The molecule has 0 heterocycles. The first kappa shape index (κ1) is 15.6. The zero-order valence-electron chi connectivity index (χ0n) is 10.4. The fourth-order valence-electron chi connectivity index (χ4n) is 1.31. The molecule has 98 valence electrons. The van der Waals surface area contributed by atoms with Crippen LogP contribution >= 0.6 is 0 Å². The van der Waals surface area contributed by atoms with Crippen LogP contribution in [0.4, 0.5) is 0 Å². The normalized spacial score (nSPS) is 17.0. The zero-order chi connectivity index (χ0) is 13.1. The smallest absolute Gasteiger partial charge is 0.303 e. The fraction of sp³-hybridized carbons (Fsp3) is 0.615. The van der Waals surface area contributed by atoms with Crippen LogP contribution in [0, 0.1) is 0 Å². The summed E-state index contributed by atoms with van der Waals surface area (Å²) in [6.07, 6.45) is 10.2. The van der Waals surface area contributed by atoms with Crippen molar-refractivity contribution in [1.82, 2.24) is 0 Å². The Morgan fingerprint density at radius 1 is 1.12 bits per heavy atom. The second kappa shape index (κ2) is 9.75. The molecule has 0 aromatic rings. The molecular weight excluding hydrogens is 220 g/mol. The van der Waals surface area contributed by atoms with Gasteiger partial charge in [-0.15, -0.1) is 0 Å². The first-order chi connectivity index (χ1) is 8.06. The van der Waals surface area contributed by atoms with Crippen LogP contribution in [-0.4, -0.2) is 21.3 Å². The van der Waals surface area contributed by atoms with Crippen LogP contribution in [0.1, 0.15) is 51.9 Å². The molecule has 0 saturated carbocycles. The summed E-state index contributed by atoms with van der Waals surface area (Å²) in [7, 11) is 0. The van der Waals surface area contributed by atoms with Gasteiger partial charge >= 0.3 is 5.97 Å². The predicted octanol–water partition coefficient (Wildman–Crippen LogP) is 3.71. The topological polar surface area (TPSA) is 77.8 Å². The number of hydrogen-bond donors (Lipinski definition) is 3. The summed E-state index contributed by atoms with van der Waals surface area (Å²) in [4.78, 5) is 9.37. The summed E-state index contributed by atoms with van der Waals surface area (Å²) in [6.45, 7) is 1.60. The van der Waals surface area contributed by atoms with Gasteiger partial charge in [-0.05, 0) is 37.8 Å². The summed E-state index contributed by atoms with van der Waals surface area (Å²) in [6, 6.07) is 0. The van der Waals surface area contributed by atoms with E-state index >= 15 is 0 Å².